The van der Waals surface area contributed by atoms with Crippen LogP contribution in [0.1, 0.15) is 22.9 Å². The van der Waals surface area contributed by atoms with E-state index in [2.05, 4.69) is 28.2 Å². The zero-order chi connectivity index (χ0) is 15.5. The van der Waals surface area contributed by atoms with Crippen molar-refractivity contribution in [3.05, 3.63) is 77.9 Å². The number of hydrogen-bond acceptors (Lipinski definition) is 3. The molecule has 1 aromatic heterocycles. The molecule has 4 nitrogen and oxygen atoms in total. The maximum absolute atomic E-state index is 5.91. The van der Waals surface area contributed by atoms with Crippen LogP contribution >= 0.6 is 0 Å². The summed E-state index contributed by atoms with van der Waals surface area (Å²) < 4.78 is 11.8. The molecule has 0 saturated carbocycles. The molecule has 1 aliphatic heterocycles. The molecule has 0 amide bonds. The lowest BCUT2D eigenvalue weighted by Gasteiger charge is -2.24. The van der Waals surface area contributed by atoms with Crippen molar-refractivity contribution in [3.63, 3.8) is 0 Å². The molecule has 4 rings (SSSR count). The first-order valence-corrected chi connectivity index (χ1v) is 7.80. The van der Waals surface area contributed by atoms with E-state index < -0.39 is 0 Å². The van der Waals surface area contributed by atoms with Crippen LogP contribution in [0.3, 0.4) is 0 Å². The average molecular weight is 306 g/mol. The van der Waals surface area contributed by atoms with Gasteiger partial charge in [0.05, 0.1) is 12.5 Å². The Morgan fingerprint density at radius 3 is 2.91 bits per heavy atom. The van der Waals surface area contributed by atoms with Gasteiger partial charge in [0.15, 0.2) is 0 Å². The largest absolute Gasteiger partial charge is 0.493 e. The first-order valence-electron chi connectivity index (χ1n) is 7.80. The highest BCUT2D eigenvalue weighted by Crippen LogP contribution is 2.33. The van der Waals surface area contributed by atoms with Crippen molar-refractivity contribution in [2.75, 3.05) is 6.61 Å². The van der Waals surface area contributed by atoms with Crippen molar-refractivity contribution in [2.24, 2.45) is 0 Å². The Bertz CT molecular complexity index is 769. The Labute approximate surface area is 135 Å². The highest BCUT2D eigenvalue weighted by atomic mass is 16.5. The van der Waals surface area contributed by atoms with E-state index in [1.807, 2.05) is 36.5 Å². The van der Waals surface area contributed by atoms with Crippen molar-refractivity contribution in [2.45, 2.75) is 18.9 Å². The van der Waals surface area contributed by atoms with E-state index >= 15 is 0 Å². The molecule has 0 fully saturated rings. The number of H-pyrrole nitrogens is 1. The van der Waals surface area contributed by atoms with Gasteiger partial charge in [0.1, 0.15) is 23.9 Å². The standard InChI is InChI=1S/C19H18N2O2/c1-2-4-14(5-3-1)12-22-17-6-7-18-15(11-17)10-16(13-23-18)19-20-8-9-21-19/h1-9,11,16H,10,12-13H2,(H,20,21). The van der Waals surface area contributed by atoms with E-state index in [-0.39, 0.29) is 5.92 Å². The van der Waals surface area contributed by atoms with Gasteiger partial charge in [-0.3, -0.25) is 0 Å². The SMILES string of the molecule is c1ccc(COc2ccc3c(c2)CC(c2ncc[nH]2)CO3)cc1. The zero-order valence-corrected chi connectivity index (χ0v) is 12.7. The number of hydrogen-bond donors (Lipinski definition) is 1. The van der Waals surface area contributed by atoms with Gasteiger partial charge in [0.25, 0.3) is 0 Å². The van der Waals surface area contributed by atoms with Gasteiger partial charge in [-0.15, -0.1) is 0 Å². The molecule has 0 spiro atoms. The lowest BCUT2D eigenvalue weighted by atomic mass is 9.96. The molecule has 2 heterocycles. The first kappa shape index (κ1) is 13.9. The molecule has 23 heavy (non-hydrogen) atoms. The fraction of sp³-hybridized carbons (Fsp3) is 0.211. The third-order valence-electron chi connectivity index (χ3n) is 4.09. The summed E-state index contributed by atoms with van der Waals surface area (Å²) in [5.74, 6) is 3.06. The molecule has 4 heteroatoms. The molecule has 0 saturated heterocycles. The Balaban J connectivity index is 1.48. The normalized spacial score (nSPS) is 16.4. The first-order chi connectivity index (χ1) is 11.4. The number of aromatic amines is 1. The van der Waals surface area contributed by atoms with Gasteiger partial charge >= 0.3 is 0 Å². The summed E-state index contributed by atoms with van der Waals surface area (Å²) >= 11 is 0. The monoisotopic (exact) mass is 306 g/mol. The van der Waals surface area contributed by atoms with E-state index in [0.29, 0.717) is 13.2 Å². The Morgan fingerprint density at radius 2 is 2.09 bits per heavy atom. The van der Waals surface area contributed by atoms with Gasteiger partial charge < -0.3 is 14.5 Å². The van der Waals surface area contributed by atoms with Gasteiger partial charge in [0, 0.05) is 12.4 Å². The van der Waals surface area contributed by atoms with Crippen LogP contribution in [0.2, 0.25) is 0 Å². The van der Waals surface area contributed by atoms with Gasteiger partial charge in [0.2, 0.25) is 0 Å². The smallest absolute Gasteiger partial charge is 0.122 e. The number of aromatic nitrogens is 2. The average Bonchev–Trinajstić information content (AvgIpc) is 3.15. The van der Waals surface area contributed by atoms with Crippen LogP contribution in [0.25, 0.3) is 0 Å². The highest BCUT2D eigenvalue weighted by Gasteiger charge is 2.23. The second kappa shape index (κ2) is 6.16. The van der Waals surface area contributed by atoms with Crippen molar-refractivity contribution in [3.8, 4) is 11.5 Å². The van der Waals surface area contributed by atoms with E-state index in [1.54, 1.807) is 6.20 Å². The molecule has 116 valence electrons. The number of rotatable bonds is 4. The molecule has 1 aliphatic rings. The predicted octanol–water partition coefficient (Wildman–Crippen LogP) is 3.71. The summed E-state index contributed by atoms with van der Waals surface area (Å²) in [6.07, 6.45) is 4.54. The molecule has 1 N–H and O–H groups in total. The van der Waals surface area contributed by atoms with Crippen LogP contribution < -0.4 is 9.47 Å². The Hall–Kier alpha value is -2.75. The quantitative estimate of drug-likeness (QED) is 0.799. The van der Waals surface area contributed by atoms with E-state index in [0.717, 1.165) is 29.3 Å². The highest BCUT2D eigenvalue weighted by molar-refractivity contribution is 5.42. The van der Waals surface area contributed by atoms with E-state index in [1.165, 1.54) is 5.56 Å². The predicted molar refractivity (Wildman–Crippen MR) is 87.7 cm³/mol. The Kier molecular flexibility index (Phi) is 3.72. The van der Waals surface area contributed by atoms with Crippen molar-refractivity contribution >= 4 is 0 Å². The van der Waals surface area contributed by atoms with Gasteiger partial charge in [-0.2, -0.15) is 0 Å². The summed E-state index contributed by atoms with van der Waals surface area (Å²) in [6, 6.07) is 16.2. The summed E-state index contributed by atoms with van der Waals surface area (Å²) in [7, 11) is 0. The molecular weight excluding hydrogens is 288 g/mol. The summed E-state index contributed by atoms with van der Waals surface area (Å²) in [4.78, 5) is 7.52. The third-order valence-corrected chi connectivity index (χ3v) is 4.09. The fourth-order valence-corrected chi connectivity index (χ4v) is 2.88. The number of nitrogens with one attached hydrogen (secondary N) is 1. The molecule has 1 unspecified atom stereocenters. The second-order valence-electron chi connectivity index (χ2n) is 5.73. The number of ether oxygens (including phenoxy) is 2. The lowest BCUT2D eigenvalue weighted by molar-refractivity contribution is 0.255. The number of benzene rings is 2. The molecule has 0 radical (unpaired) electrons. The number of imidazole rings is 1. The van der Waals surface area contributed by atoms with Crippen LogP contribution in [-0.4, -0.2) is 16.6 Å². The van der Waals surface area contributed by atoms with Crippen LogP contribution in [0, 0.1) is 0 Å². The number of nitrogens with zero attached hydrogens (tertiary/aromatic N) is 1. The van der Waals surface area contributed by atoms with Crippen LogP contribution in [0.5, 0.6) is 11.5 Å². The van der Waals surface area contributed by atoms with E-state index in [4.69, 9.17) is 9.47 Å². The summed E-state index contributed by atoms with van der Waals surface area (Å²) in [6.45, 7) is 1.23. The van der Waals surface area contributed by atoms with E-state index in [9.17, 15) is 0 Å². The van der Waals surface area contributed by atoms with Crippen molar-refractivity contribution in [1.82, 2.24) is 9.97 Å². The van der Waals surface area contributed by atoms with Gasteiger partial charge in [-0.1, -0.05) is 30.3 Å². The Morgan fingerprint density at radius 1 is 1.17 bits per heavy atom. The second-order valence-corrected chi connectivity index (χ2v) is 5.73. The molecule has 0 bridgehead atoms. The summed E-state index contributed by atoms with van der Waals surface area (Å²) in [5.41, 5.74) is 2.33. The number of fused-ring (bicyclic) bond motifs is 1. The molecule has 1 atom stereocenters. The van der Waals surface area contributed by atoms with Gasteiger partial charge in [-0.05, 0) is 35.7 Å². The maximum atomic E-state index is 5.91. The minimum absolute atomic E-state index is 0.266. The van der Waals surface area contributed by atoms with Crippen LogP contribution in [0.4, 0.5) is 0 Å². The van der Waals surface area contributed by atoms with Crippen LogP contribution in [0.15, 0.2) is 60.9 Å². The molecule has 2 aromatic carbocycles. The lowest BCUT2D eigenvalue weighted by Crippen LogP contribution is -2.20. The van der Waals surface area contributed by atoms with Crippen LogP contribution in [-0.2, 0) is 13.0 Å². The van der Waals surface area contributed by atoms with Crippen molar-refractivity contribution < 1.29 is 9.47 Å². The minimum atomic E-state index is 0.266. The maximum Gasteiger partial charge on any atom is 0.122 e. The fourth-order valence-electron chi connectivity index (χ4n) is 2.88. The summed E-state index contributed by atoms with van der Waals surface area (Å²) in [5, 5.41) is 0. The molecular formula is C19H18N2O2. The van der Waals surface area contributed by atoms with Crippen molar-refractivity contribution in [1.29, 1.82) is 0 Å². The molecule has 0 aliphatic carbocycles. The third kappa shape index (κ3) is 3.06. The molecule has 3 aromatic rings. The topological polar surface area (TPSA) is 47.1 Å². The minimum Gasteiger partial charge on any atom is -0.493 e. The zero-order valence-electron chi connectivity index (χ0n) is 12.7. The van der Waals surface area contributed by atoms with Gasteiger partial charge in [-0.25, -0.2) is 4.98 Å².